The molecule has 2 aromatic heterocycles. The molecule has 0 bridgehead atoms. The third-order valence-electron chi connectivity index (χ3n) is 3.04. The second kappa shape index (κ2) is 4.77. The van der Waals surface area contributed by atoms with Gasteiger partial charge in [0, 0.05) is 31.2 Å². The van der Waals surface area contributed by atoms with E-state index in [4.69, 9.17) is 0 Å². The first-order valence-electron chi connectivity index (χ1n) is 6.28. The standard InChI is InChI=1S/C15H14N4O/c1-19(2)15(20)12-8-11-9-16-13(18-14(11)17-12)10-6-4-3-5-7-10/h3-9H,1-2H3,(H,16,17,18). The Kier molecular flexibility index (Phi) is 2.95. The zero-order valence-electron chi connectivity index (χ0n) is 11.3. The molecule has 0 radical (unpaired) electrons. The van der Waals surface area contributed by atoms with Gasteiger partial charge in [0.2, 0.25) is 0 Å². The smallest absolute Gasteiger partial charge is 0.269 e. The average molecular weight is 266 g/mol. The van der Waals surface area contributed by atoms with E-state index in [-0.39, 0.29) is 5.91 Å². The fraction of sp³-hybridized carbons (Fsp3) is 0.133. The fourth-order valence-corrected chi connectivity index (χ4v) is 2.00. The van der Waals surface area contributed by atoms with E-state index in [1.807, 2.05) is 30.3 Å². The first-order valence-corrected chi connectivity index (χ1v) is 6.28. The predicted molar refractivity (Wildman–Crippen MR) is 77.3 cm³/mol. The zero-order valence-corrected chi connectivity index (χ0v) is 11.3. The number of aromatic amines is 1. The quantitative estimate of drug-likeness (QED) is 0.774. The summed E-state index contributed by atoms with van der Waals surface area (Å²) in [6.45, 7) is 0. The Labute approximate surface area is 116 Å². The van der Waals surface area contributed by atoms with E-state index >= 15 is 0 Å². The normalized spacial score (nSPS) is 10.7. The van der Waals surface area contributed by atoms with Crippen LogP contribution >= 0.6 is 0 Å². The van der Waals surface area contributed by atoms with Gasteiger partial charge in [0.15, 0.2) is 5.82 Å². The summed E-state index contributed by atoms with van der Waals surface area (Å²) in [5, 5.41) is 0.829. The SMILES string of the molecule is CN(C)C(=O)c1cc2cnc(-c3ccccc3)nc2[nH]1. The Hall–Kier alpha value is -2.69. The third-order valence-corrected chi connectivity index (χ3v) is 3.04. The van der Waals surface area contributed by atoms with Crippen LogP contribution in [0.1, 0.15) is 10.5 Å². The lowest BCUT2D eigenvalue weighted by Gasteiger charge is -2.07. The Bertz CT molecular complexity index is 762. The molecule has 0 fully saturated rings. The highest BCUT2D eigenvalue weighted by molar-refractivity contribution is 5.97. The molecule has 0 aliphatic carbocycles. The molecule has 2 heterocycles. The number of nitrogens with one attached hydrogen (secondary N) is 1. The van der Waals surface area contributed by atoms with Crippen molar-refractivity contribution in [3.63, 3.8) is 0 Å². The van der Waals surface area contributed by atoms with E-state index in [0.717, 1.165) is 10.9 Å². The number of aromatic nitrogens is 3. The molecule has 3 aromatic rings. The van der Waals surface area contributed by atoms with Crippen molar-refractivity contribution in [2.75, 3.05) is 14.1 Å². The van der Waals surface area contributed by atoms with Crippen LogP contribution in [0.15, 0.2) is 42.6 Å². The van der Waals surface area contributed by atoms with Crippen LogP contribution in [0, 0.1) is 0 Å². The van der Waals surface area contributed by atoms with Gasteiger partial charge >= 0.3 is 0 Å². The van der Waals surface area contributed by atoms with Gasteiger partial charge in [-0.1, -0.05) is 30.3 Å². The Balaban J connectivity index is 2.06. The second-order valence-corrected chi connectivity index (χ2v) is 4.75. The number of hydrogen-bond donors (Lipinski definition) is 1. The molecule has 20 heavy (non-hydrogen) atoms. The Morgan fingerprint density at radius 2 is 1.95 bits per heavy atom. The van der Waals surface area contributed by atoms with Crippen molar-refractivity contribution < 1.29 is 4.79 Å². The molecule has 3 rings (SSSR count). The highest BCUT2D eigenvalue weighted by atomic mass is 16.2. The topological polar surface area (TPSA) is 61.9 Å². The molecule has 0 spiro atoms. The van der Waals surface area contributed by atoms with Crippen molar-refractivity contribution in [3.05, 3.63) is 48.3 Å². The van der Waals surface area contributed by atoms with Crippen molar-refractivity contribution in [1.29, 1.82) is 0 Å². The van der Waals surface area contributed by atoms with E-state index in [1.165, 1.54) is 4.90 Å². The van der Waals surface area contributed by atoms with Crippen LogP contribution in [0.2, 0.25) is 0 Å². The van der Waals surface area contributed by atoms with Crippen molar-refractivity contribution in [1.82, 2.24) is 19.9 Å². The summed E-state index contributed by atoms with van der Waals surface area (Å²) >= 11 is 0. The van der Waals surface area contributed by atoms with Crippen LogP contribution in [0.4, 0.5) is 0 Å². The number of nitrogens with zero attached hydrogens (tertiary/aromatic N) is 3. The molecule has 5 heteroatoms. The monoisotopic (exact) mass is 266 g/mol. The fourth-order valence-electron chi connectivity index (χ4n) is 2.00. The van der Waals surface area contributed by atoms with Gasteiger partial charge in [0.25, 0.3) is 5.91 Å². The summed E-state index contributed by atoms with van der Waals surface area (Å²) < 4.78 is 0. The highest BCUT2D eigenvalue weighted by Crippen LogP contribution is 2.19. The van der Waals surface area contributed by atoms with Crippen molar-refractivity contribution in [2.45, 2.75) is 0 Å². The molecule has 1 aromatic carbocycles. The molecule has 1 amide bonds. The lowest BCUT2D eigenvalue weighted by molar-refractivity contribution is 0.0823. The van der Waals surface area contributed by atoms with Gasteiger partial charge in [-0.15, -0.1) is 0 Å². The zero-order chi connectivity index (χ0) is 14.1. The number of H-pyrrole nitrogens is 1. The maximum atomic E-state index is 11.9. The van der Waals surface area contributed by atoms with Gasteiger partial charge in [0.1, 0.15) is 11.3 Å². The van der Waals surface area contributed by atoms with E-state index in [1.54, 1.807) is 26.4 Å². The second-order valence-electron chi connectivity index (χ2n) is 4.75. The number of amides is 1. The van der Waals surface area contributed by atoms with E-state index in [0.29, 0.717) is 17.2 Å². The minimum Gasteiger partial charge on any atom is -0.344 e. The van der Waals surface area contributed by atoms with E-state index in [9.17, 15) is 4.79 Å². The predicted octanol–water partition coefficient (Wildman–Crippen LogP) is 2.33. The summed E-state index contributed by atoms with van der Waals surface area (Å²) in [6.07, 6.45) is 1.73. The van der Waals surface area contributed by atoms with Crippen LogP contribution in [0.3, 0.4) is 0 Å². The lowest BCUT2D eigenvalue weighted by atomic mass is 10.2. The minimum absolute atomic E-state index is 0.0794. The van der Waals surface area contributed by atoms with Gasteiger partial charge in [-0.25, -0.2) is 9.97 Å². The van der Waals surface area contributed by atoms with Crippen molar-refractivity contribution in [3.8, 4) is 11.4 Å². The molecular weight excluding hydrogens is 252 g/mol. The van der Waals surface area contributed by atoms with Crippen LogP contribution in [-0.2, 0) is 0 Å². The van der Waals surface area contributed by atoms with Gasteiger partial charge in [-0.2, -0.15) is 0 Å². The largest absolute Gasteiger partial charge is 0.344 e. The number of carbonyl (C=O) groups excluding carboxylic acids is 1. The molecule has 5 nitrogen and oxygen atoms in total. The van der Waals surface area contributed by atoms with Crippen molar-refractivity contribution in [2.24, 2.45) is 0 Å². The van der Waals surface area contributed by atoms with Gasteiger partial charge in [-0.3, -0.25) is 4.79 Å². The number of hydrogen-bond acceptors (Lipinski definition) is 3. The van der Waals surface area contributed by atoms with E-state index in [2.05, 4.69) is 15.0 Å². The number of benzene rings is 1. The number of rotatable bonds is 2. The van der Waals surface area contributed by atoms with Crippen LogP contribution in [-0.4, -0.2) is 39.9 Å². The molecule has 0 aliphatic rings. The highest BCUT2D eigenvalue weighted by Gasteiger charge is 2.12. The van der Waals surface area contributed by atoms with Crippen LogP contribution in [0.25, 0.3) is 22.4 Å². The Morgan fingerprint density at radius 1 is 1.20 bits per heavy atom. The first kappa shape index (κ1) is 12.3. The summed E-state index contributed by atoms with van der Waals surface area (Å²) in [7, 11) is 3.43. The molecule has 100 valence electrons. The average Bonchev–Trinajstić information content (AvgIpc) is 2.90. The molecule has 0 unspecified atom stereocenters. The molecule has 0 saturated carbocycles. The molecule has 0 atom stereocenters. The summed E-state index contributed by atoms with van der Waals surface area (Å²) in [5.41, 5.74) is 2.14. The molecule has 1 N–H and O–H groups in total. The summed E-state index contributed by atoms with van der Waals surface area (Å²) in [5.74, 6) is 0.563. The molecular formula is C15H14N4O. The van der Waals surface area contributed by atoms with Gasteiger partial charge in [0.05, 0.1) is 0 Å². The maximum Gasteiger partial charge on any atom is 0.269 e. The van der Waals surface area contributed by atoms with Crippen LogP contribution < -0.4 is 0 Å². The maximum absolute atomic E-state index is 11.9. The number of carbonyl (C=O) groups is 1. The van der Waals surface area contributed by atoms with Gasteiger partial charge in [-0.05, 0) is 6.07 Å². The molecule has 0 aliphatic heterocycles. The van der Waals surface area contributed by atoms with Gasteiger partial charge < -0.3 is 9.88 Å². The van der Waals surface area contributed by atoms with Crippen molar-refractivity contribution >= 4 is 16.9 Å². The Morgan fingerprint density at radius 3 is 2.65 bits per heavy atom. The first-order chi connectivity index (χ1) is 9.65. The van der Waals surface area contributed by atoms with E-state index < -0.39 is 0 Å². The lowest BCUT2D eigenvalue weighted by Crippen LogP contribution is -2.21. The molecule has 0 saturated heterocycles. The van der Waals surface area contributed by atoms with Crippen LogP contribution in [0.5, 0.6) is 0 Å². The minimum atomic E-state index is -0.0794. The summed E-state index contributed by atoms with van der Waals surface area (Å²) in [6, 6.07) is 11.5. The summed E-state index contributed by atoms with van der Waals surface area (Å²) in [4.78, 5) is 25.3. The number of fused-ring (bicyclic) bond motifs is 1. The third kappa shape index (κ3) is 2.14.